The van der Waals surface area contributed by atoms with Gasteiger partial charge in [-0.05, 0) is 30.3 Å². The van der Waals surface area contributed by atoms with E-state index in [-0.39, 0.29) is 11.8 Å². The van der Waals surface area contributed by atoms with Gasteiger partial charge in [0.25, 0.3) is 0 Å². The summed E-state index contributed by atoms with van der Waals surface area (Å²) in [5, 5.41) is 2.83. The predicted molar refractivity (Wildman–Crippen MR) is 81.1 cm³/mol. The van der Waals surface area contributed by atoms with E-state index in [9.17, 15) is 9.18 Å². The summed E-state index contributed by atoms with van der Waals surface area (Å²) in [6.45, 7) is 2.99. The molecule has 0 unspecified atom stereocenters. The zero-order valence-electron chi connectivity index (χ0n) is 12.2. The minimum atomic E-state index is -0.240. The van der Waals surface area contributed by atoms with Crippen LogP contribution in [0.1, 0.15) is 5.76 Å². The molecule has 0 atom stereocenters. The van der Waals surface area contributed by atoms with Crippen molar-refractivity contribution in [2.45, 2.75) is 6.54 Å². The van der Waals surface area contributed by atoms with Crippen molar-refractivity contribution in [3.63, 3.8) is 0 Å². The lowest BCUT2D eigenvalue weighted by molar-refractivity contribution is 0.193. The van der Waals surface area contributed by atoms with Crippen LogP contribution in [0.4, 0.5) is 14.9 Å². The molecule has 116 valence electrons. The quantitative estimate of drug-likeness (QED) is 0.947. The van der Waals surface area contributed by atoms with Crippen LogP contribution in [-0.2, 0) is 6.54 Å². The molecule has 6 heteroatoms. The van der Waals surface area contributed by atoms with E-state index in [0.717, 1.165) is 11.4 Å². The van der Waals surface area contributed by atoms with Crippen molar-refractivity contribution >= 4 is 11.7 Å². The van der Waals surface area contributed by atoms with Gasteiger partial charge < -0.3 is 19.5 Å². The fourth-order valence-corrected chi connectivity index (χ4v) is 2.53. The van der Waals surface area contributed by atoms with Crippen LogP contribution >= 0.6 is 0 Å². The zero-order valence-corrected chi connectivity index (χ0v) is 12.2. The average Bonchev–Trinajstić information content (AvgIpc) is 3.06. The number of urea groups is 1. The first-order chi connectivity index (χ1) is 10.7. The summed E-state index contributed by atoms with van der Waals surface area (Å²) < 4.78 is 18.4. The van der Waals surface area contributed by atoms with E-state index in [4.69, 9.17) is 4.42 Å². The number of rotatable bonds is 3. The molecule has 0 aliphatic carbocycles. The Bertz CT molecular complexity index is 622. The molecule has 1 aromatic carbocycles. The Hall–Kier alpha value is -2.50. The summed E-state index contributed by atoms with van der Waals surface area (Å²) in [7, 11) is 0. The Labute approximate surface area is 128 Å². The maximum absolute atomic E-state index is 13.3. The van der Waals surface area contributed by atoms with Crippen LogP contribution in [0.3, 0.4) is 0 Å². The van der Waals surface area contributed by atoms with Gasteiger partial charge in [-0.1, -0.05) is 6.07 Å². The Morgan fingerprint density at radius 1 is 1.18 bits per heavy atom. The van der Waals surface area contributed by atoms with Gasteiger partial charge in [0.05, 0.1) is 12.8 Å². The molecule has 1 fully saturated rings. The summed E-state index contributed by atoms with van der Waals surface area (Å²) in [5.41, 5.74) is 0.857. The molecule has 2 amide bonds. The molecule has 2 heterocycles. The van der Waals surface area contributed by atoms with Crippen molar-refractivity contribution in [1.29, 1.82) is 0 Å². The smallest absolute Gasteiger partial charge is 0.317 e. The molecular weight excluding hydrogens is 285 g/mol. The normalized spacial score (nSPS) is 15.0. The summed E-state index contributed by atoms with van der Waals surface area (Å²) in [5.74, 6) is 0.489. The van der Waals surface area contributed by atoms with E-state index < -0.39 is 0 Å². The van der Waals surface area contributed by atoms with Crippen LogP contribution in [0.2, 0.25) is 0 Å². The molecule has 1 saturated heterocycles. The lowest BCUT2D eigenvalue weighted by atomic mass is 10.2. The highest BCUT2D eigenvalue weighted by atomic mass is 19.1. The van der Waals surface area contributed by atoms with E-state index in [1.165, 1.54) is 12.1 Å². The zero-order chi connectivity index (χ0) is 15.4. The summed E-state index contributed by atoms with van der Waals surface area (Å²) >= 11 is 0. The van der Waals surface area contributed by atoms with Crippen molar-refractivity contribution in [2.75, 3.05) is 31.1 Å². The number of benzene rings is 1. The van der Waals surface area contributed by atoms with Crippen LogP contribution < -0.4 is 10.2 Å². The lowest BCUT2D eigenvalue weighted by Crippen LogP contribution is -2.51. The SMILES string of the molecule is O=C(NCc1ccco1)N1CCN(c2cccc(F)c2)CC1. The number of piperazine rings is 1. The van der Waals surface area contributed by atoms with E-state index in [1.807, 2.05) is 12.1 Å². The van der Waals surface area contributed by atoms with Gasteiger partial charge in [0.1, 0.15) is 11.6 Å². The second-order valence-electron chi connectivity index (χ2n) is 5.19. The minimum Gasteiger partial charge on any atom is -0.467 e. The fourth-order valence-electron chi connectivity index (χ4n) is 2.53. The molecule has 0 saturated carbocycles. The van der Waals surface area contributed by atoms with Crippen LogP contribution in [0.25, 0.3) is 0 Å². The minimum absolute atomic E-state index is 0.102. The monoisotopic (exact) mass is 303 g/mol. The number of carbonyl (C=O) groups is 1. The third kappa shape index (κ3) is 3.39. The third-order valence-electron chi connectivity index (χ3n) is 3.73. The largest absolute Gasteiger partial charge is 0.467 e. The number of anilines is 1. The molecule has 0 radical (unpaired) electrons. The van der Waals surface area contributed by atoms with Crippen molar-refractivity contribution < 1.29 is 13.6 Å². The second-order valence-corrected chi connectivity index (χ2v) is 5.19. The van der Waals surface area contributed by atoms with Crippen LogP contribution in [0.15, 0.2) is 47.1 Å². The maximum Gasteiger partial charge on any atom is 0.317 e. The van der Waals surface area contributed by atoms with Gasteiger partial charge in [0.2, 0.25) is 0 Å². The highest BCUT2D eigenvalue weighted by molar-refractivity contribution is 5.74. The topological polar surface area (TPSA) is 48.7 Å². The number of halogens is 1. The Morgan fingerprint density at radius 2 is 2.00 bits per heavy atom. The first kappa shape index (κ1) is 14.4. The molecule has 3 rings (SSSR count). The molecule has 1 aliphatic heterocycles. The number of furan rings is 1. The third-order valence-corrected chi connectivity index (χ3v) is 3.73. The molecule has 1 N–H and O–H groups in total. The number of nitrogens with one attached hydrogen (secondary N) is 1. The van der Waals surface area contributed by atoms with Crippen molar-refractivity contribution in [3.8, 4) is 0 Å². The maximum atomic E-state index is 13.3. The highest BCUT2D eigenvalue weighted by Crippen LogP contribution is 2.17. The first-order valence-electron chi connectivity index (χ1n) is 7.28. The van der Waals surface area contributed by atoms with Crippen molar-refractivity contribution in [1.82, 2.24) is 10.2 Å². The van der Waals surface area contributed by atoms with E-state index in [2.05, 4.69) is 10.2 Å². The number of carbonyl (C=O) groups excluding carboxylic acids is 1. The van der Waals surface area contributed by atoms with Crippen LogP contribution in [0, 0.1) is 5.82 Å². The second kappa shape index (κ2) is 6.51. The van der Waals surface area contributed by atoms with Gasteiger partial charge in [-0.25, -0.2) is 9.18 Å². The molecular formula is C16H18FN3O2. The van der Waals surface area contributed by atoms with Gasteiger partial charge in [0, 0.05) is 31.9 Å². The lowest BCUT2D eigenvalue weighted by Gasteiger charge is -2.36. The molecule has 2 aromatic rings. The number of amides is 2. The van der Waals surface area contributed by atoms with Gasteiger partial charge in [-0.2, -0.15) is 0 Å². The van der Waals surface area contributed by atoms with Crippen LogP contribution in [0.5, 0.6) is 0 Å². The first-order valence-corrected chi connectivity index (χ1v) is 7.28. The molecule has 22 heavy (non-hydrogen) atoms. The number of hydrogen-bond donors (Lipinski definition) is 1. The number of hydrogen-bond acceptors (Lipinski definition) is 3. The number of nitrogens with zero attached hydrogens (tertiary/aromatic N) is 2. The van der Waals surface area contributed by atoms with Gasteiger partial charge >= 0.3 is 6.03 Å². The Balaban J connectivity index is 1.49. The van der Waals surface area contributed by atoms with E-state index in [1.54, 1.807) is 23.3 Å². The van der Waals surface area contributed by atoms with Crippen molar-refractivity contribution in [2.24, 2.45) is 0 Å². The standard InChI is InChI=1S/C16H18FN3O2/c17-13-3-1-4-14(11-13)19-6-8-20(9-7-19)16(21)18-12-15-5-2-10-22-15/h1-5,10-11H,6-9,12H2,(H,18,21). The molecule has 1 aromatic heterocycles. The molecule has 1 aliphatic rings. The highest BCUT2D eigenvalue weighted by Gasteiger charge is 2.21. The van der Waals surface area contributed by atoms with Crippen molar-refractivity contribution in [3.05, 3.63) is 54.2 Å². The van der Waals surface area contributed by atoms with Gasteiger partial charge in [0.15, 0.2) is 0 Å². The van der Waals surface area contributed by atoms with Crippen LogP contribution in [-0.4, -0.2) is 37.1 Å². The van der Waals surface area contributed by atoms with Gasteiger partial charge in [-0.3, -0.25) is 0 Å². The molecule has 0 bridgehead atoms. The summed E-state index contributed by atoms with van der Waals surface area (Å²) in [6.07, 6.45) is 1.58. The molecule has 0 spiro atoms. The predicted octanol–water partition coefficient (Wildman–Crippen LogP) is 2.45. The fraction of sp³-hybridized carbons (Fsp3) is 0.312. The van der Waals surface area contributed by atoms with E-state index >= 15 is 0 Å². The molecule has 5 nitrogen and oxygen atoms in total. The average molecular weight is 303 g/mol. The Kier molecular flexibility index (Phi) is 4.27. The summed E-state index contributed by atoms with van der Waals surface area (Å²) in [4.78, 5) is 15.9. The van der Waals surface area contributed by atoms with Gasteiger partial charge in [-0.15, -0.1) is 0 Å². The summed E-state index contributed by atoms with van der Waals surface area (Å²) in [6, 6.07) is 10.0. The Morgan fingerprint density at radius 3 is 2.68 bits per heavy atom. The van der Waals surface area contributed by atoms with E-state index in [0.29, 0.717) is 32.7 Å².